The van der Waals surface area contributed by atoms with E-state index in [2.05, 4.69) is 15.6 Å². The van der Waals surface area contributed by atoms with Gasteiger partial charge in [0.05, 0.1) is 10.0 Å². The molecule has 1 aliphatic rings. The molecule has 0 saturated heterocycles. The average Bonchev–Trinajstić information content (AvgIpc) is 2.18. The number of anilines is 1. The minimum atomic E-state index is 0.558. The van der Waals surface area contributed by atoms with E-state index in [0.29, 0.717) is 15.9 Å². The van der Waals surface area contributed by atoms with Gasteiger partial charge in [0.25, 0.3) is 0 Å². The third-order valence-electron chi connectivity index (χ3n) is 2.76. The number of hydrogen-bond donors (Lipinski definition) is 2. The minimum Gasteiger partial charge on any atom is -0.368 e. The lowest BCUT2D eigenvalue weighted by Crippen LogP contribution is -2.37. The van der Waals surface area contributed by atoms with Gasteiger partial charge in [0.1, 0.15) is 5.82 Å². The Bertz CT molecular complexity index is 353. The highest BCUT2D eigenvalue weighted by atomic mass is 35.5. The Morgan fingerprint density at radius 2 is 2.12 bits per heavy atom. The number of halogens is 2. The number of nitrogens with one attached hydrogen (secondary N) is 2. The summed E-state index contributed by atoms with van der Waals surface area (Å²) in [4.78, 5) is 4.13. The molecule has 1 aliphatic carbocycles. The van der Waals surface area contributed by atoms with Crippen molar-refractivity contribution in [2.45, 2.75) is 25.3 Å². The molecule has 0 unspecified atom stereocenters. The topological polar surface area (TPSA) is 37.0 Å². The van der Waals surface area contributed by atoms with Crippen molar-refractivity contribution in [1.29, 1.82) is 0 Å². The standard InChI is InChI=1S/C11H15Cl2N3/c12-8-6-10(13)11(16-7-8)15-5-4-14-9-2-1-3-9/h6-7,9,14H,1-5H2,(H,15,16). The molecule has 0 bridgehead atoms. The maximum Gasteiger partial charge on any atom is 0.144 e. The minimum absolute atomic E-state index is 0.558. The van der Waals surface area contributed by atoms with Crippen molar-refractivity contribution < 1.29 is 0 Å². The van der Waals surface area contributed by atoms with Gasteiger partial charge in [-0.2, -0.15) is 0 Å². The predicted octanol–water partition coefficient (Wildman–Crippen LogP) is 2.94. The molecule has 1 heterocycles. The van der Waals surface area contributed by atoms with E-state index >= 15 is 0 Å². The highest BCUT2D eigenvalue weighted by Crippen LogP contribution is 2.22. The Labute approximate surface area is 106 Å². The van der Waals surface area contributed by atoms with Crippen LogP contribution in [-0.2, 0) is 0 Å². The van der Waals surface area contributed by atoms with E-state index in [9.17, 15) is 0 Å². The van der Waals surface area contributed by atoms with Gasteiger partial charge in [-0.15, -0.1) is 0 Å². The molecule has 0 aliphatic heterocycles. The van der Waals surface area contributed by atoms with E-state index in [1.165, 1.54) is 19.3 Å². The molecule has 5 heteroatoms. The maximum atomic E-state index is 5.98. The summed E-state index contributed by atoms with van der Waals surface area (Å²) in [5, 5.41) is 7.76. The maximum absolute atomic E-state index is 5.98. The van der Waals surface area contributed by atoms with Gasteiger partial charge < -0.3 is 10.6 Å². The molecule has 16 heavy (non-hydrogen) atoms. The van der Waals surface area contributed by atoms with Crippen molar-refractivity contribution in [3.63, 3.8) is 0 Å². The van der Waals surface area contributed by atoms with Crippen LogP contribution >= 0.6 is 23.2 Å². The SMILES string of the molecule is Clc1cnc(NCCNC2CCC2)c(Cl)c1. The Balaban J connectivity index is 1.71. The van der Waals surface area contributed by atoms with Crippen LogP contribution in [0, 0.1) is 0 Å². The molecular formula is C11H15Cl2N3. The second-order valence-electron chi connectivity index (χ2n) is 3.99. The summed E-state index contributed by atoms with van der Waals surface area (Å²) in [6, 6.07) is 2.41. The molecule has 1 fully saturated rings. The van der Waals surface area contributed by atoms with Crippen LogP contribution in [0.2, 0.25) is 10.0 Å². The average molecular weight is 260 g/mol. The number of hydrogen-bond acceptors (Lipinski definition) is 3. The first-order chi connectivity index (χ1) is 7.75. The predicted molar refractivity (Wildman–Crippen MR) is 68.4 cm³/mol. The fraction of sp³-hybridized carbons (Fsp3) is 0.545. The van der Waals surface area contributed by atoms with Crippen molar-refractivity contribution >= 4 is 29.0 Å². The summed E-state index contributed by atoms with van der Waals surface area (Å²) < 4.78 is 0. The van der Waals surface area contributed by atoms with Gasteiger partial charge >= 0.3 is 0 Å². The van der Waals surface area contributed by atoms with Gasteiger partial charge in [-0.3, -0.25) is 0 Å². The largest absolute Gasteiger partial charge is 0.368 e. The molecule has 0 spiro atoms. The van der Waals surface area contributed by atoms with E-state index in [4.69, 9.17) is 23.2 Å². The highest BCUT2D eigenvalue weighted by Gasteiger charge is 2.15. The summed E-state index contributed by atoms with van der Waals surface area (Å²) in [6.07, 6.45) is 5.56. The Morgan fingerprint density at radius 1 is 1.31 bits per heavy atom. The molecule has 2 N–H and O–H groups in total. The molecule has 88 valence electrons. The van der Waals surface area contributed by atoms with Crippen LogP contribution in [0.3, 0.4) is 0 Å². The fourth-order valence-corrected chi connectivity index (χ4v) is 2.06. The first kappa shape index (κ1) is 12.0. The van der Waals surface area contributed by atoms with Crippen LogP contribution in [0.5, 0.6) is 0 Å². The van der Waals surface area contributed by atoms with Crippen LogP contribution < -0.4 is 10.6 Å². The number of nitrogens with zero attached hydrogens (tertiary/aromatic N) is 1. The molecule has 0 atom stereocenters. The molecule has 2 rings (SSSR count). The van der Waals surface area contributed by atoms with Crippen molar-refractivity contribution in [2.24, 2.45) is 0 Å². The molecule has 1 aromatic heterocycles. The van der Waals surface area contributed by atoms with E-state index in [1.807, 2.05) is 0 Å². The molecule has 0 aromatic carbocycles. The van der Waals surface area contributed by atoms with Crippen molar-refractivity contribution in [3.8, 4) is 0 Å². The zero-order chi connectivity index (χ0) is 11.4. The summed E-state index contributed by atoms with van der Waals surface area (Å²) in [6.45, 7) is 1.76. The highest BCUT2D eigenvalue weighted by molar-refractivity contribution is 6.35. The third-order valence-corrected chi connectivity index (χ3v) is 3.26. The molecular weight excluding hydrogens is 245 g/mol. The van der Waals surface area contributed by atoms with E-state index < -0.39 is 0 Å². The first-order valence-electron chi connectivity index (χ1n) is 5.54. The van der Waals surface area contributed by atoms with E-state index in [0.717, 1.165) is 19.1 Å². The fourth-order valence-electron chi connectivity index (χ4n) is 1.61. The van der Waals surface area contributed by atoms with Gasteiger partial charge in [-0.1, -0.05) is 29.6 Å². The zero-order valence-electron chi connectivity index (χ0n) is 8.97. The lowest BCUT2D eigenvalue weighted by molar-refractivity contribution is 0.345. The summed E-state index contributed by atoms with van der Waals surface area (Å²) in [5.74, 6) is 0.696. The molecule has 0 radical (unpaired) electrons. The van der Waals surface area contributed by atoms with Gasteiger partial charge in [-0.05, 0) is 18.9 Å². The quantitative estimate of drug-likeness (QED) is 0.799. The van der Waals surface area contributed by atoms with E-state index in [1.54, 1.807) is 12.3 Å². The number of aromatic nitrogens is 1. The normalized spacial score (nSPS) is 15.9. The number of pyridine rings is 1. The van der Waals surface area contributed by atoms with Crippen LogP contribution in [0.4, 0.5) is 5.82 Å². The molecule has 0 amide bonds. The Morgan fingerprint density at radius 3 is 2.75 bits per heavy atom. The van der Waals surface area contributed by atoms with E-state index in [-0.39, 0.29) is 0 Å². The number of rotatable bonds is 5. The van der Waals surface area contributed by atoms with Crippen molar-refractivity contribution in [2.75, 3.05) is 18.4 Å². The van der Waals surface area contributed by atoms with Crippen LogP contribution in [-0.4, -0.2) is 24.1 Å². The molecule has 3 nitrogen and oxygen atoms in total. The van der Waals surface area contributed by atoms with Gasteiger partial charge in [-0.25, -0.2) is 4.98 Å². The third kappa shape index (κ3) is 3.24. The van der Waals surface area contributed by atoms with Crippen molar-refractivity contribution in [3.05, 3.63) is 22.3 Å². The Hall–Kier alpha value is -0.510. The second-order valence-corrected chi connectivity index (χ2v) is 4.84. The smallest absolute Gasteiger partial charge is 0.144 e. The summed E-state index contributed by atoms with van der Waals surface area (Å²) >= 11 is 11.7. The van der Waals surface area contributed by atoms with Crippen LogP contribution in [0.15, 0.2) is 12.3 Å². The van der Waals surface area contributed by atoms with Crippen molar-refractivity contribution in [1.82, 2.24) is 10.3 Å². The Kier molecular flexibility index (Phi) is 4.27. The lowest BCUT2D eigenvalue weighted by atomic mass is 9.93. The molecule has 1 aromatic rings. The first-order valence-corrected chi connectivity index (χ1v) is 6.29. The van der Waals surface area contributed by atoms with Crippen LogP contribution in [0.25, 0.3) is 0 Å². The van der Waals surface area contributed by atoms with Gasteiger partial charge in [0.15, 0.2) is 0 Å². The van der Waals surface area contributed by atoms with Gasteiger partial charge in [0.2, 0.25) is 0 Å². The monoisotopic (exact) mass is 259 g/mol. The second kappa shape index (κ2) is 5.71. The van der Waals surface area contributed by atoms with Crippen LogP contribution in [0.1, 0.15) is 19.3 Å². The van der Waals surface area contributed by atoms with Gasteiger partial charge in [0, 0.05) is 25.3 Å². The molecule has 1 saturated carbocycles. The summed E-state index contributed by atoms with van der Waals surface area (Å²) in [5.41, 5.74) is 0. The zero-order valence-corrected chi connectivity index (χ0v) is 10.5. The summed E-state index contributed by atoms with van der Waals surface area (Å²) in [7, 11) is 0. The lowest BCUT2D eigenvalue weighted by Gasteiger charge is -2.26.